The lowest BCUT2D eigenvalue weighted by Gasteiger charge is -2.23. The topological polar surface area (TPSA) is 67.6 Å². The average molecular weight is 364 g/mol. The summed E-state index contributed by atoms with van der Waals surface area (Å²) in [7, 11) is 5.47. The fraction of sp³-hybridized carbons (Fsp3) is 0.250. The van der Waals surface area contributed by atoms with Gasteiger partial charge in [0.25, 0.3) is 0 Å². The first kappa shape index (κ1) is 18.4. The van der Waals surface area contributed by atoms with Gasteiger partial charge >= 0.3 is 0 Å². The van der Waals surface area contributed by atoms with Gasteiger partial charge in [-0.05, 0) is 29.8 Å². The van der Waals surface area contributed by atoms with Crippen LogP contribution in [0.1, 0.15) is 11.1 Å². The minimum absolute atomic E-state index is 0.639. The number of pyridine rings is 1. The molecule has 7 nitrogen and oxygen atoms in total. The lowest BCUT2D eigenvalue weighted by molar-refractivity contribution is 0.396. The van der Waals surface area contributed by atoms with Gasteiger partial charge in [-0.15, -0.1) is 0 Å². The van der Waals surface area contributed by atoms with Gasteiger partial charge in [-0.2, -0.15) is 5.10 Å². The van der Waals surface area contributed by atoms with Crippen LogP contribution >= 0.6 is 0 Å². The van der Waals surface area contributed by atoms with Crippen molar-refractivity contribution < 1.29 is 4.74 Å². The highest BCUT2D eigenvalue weighted by Crippen LogP contribution is 2.18. The number of nitrogens with one attached hydrogen (secondary N) is 1. The van der Waals surface area contributed by atoms with Crippen molar-refractivity contribution in [2.24, 2.45) is 4.99 Å². The number of ether oxygens (including phenoxy) is 1. The fourth-order valence-corrected chi connectivity index (χ4v) is 2.83. The van der Waals surface area contributed by atoms with E-state index in [1.54, 1.807) is 31.2 Å². The third kappa shape index (κ3) is 4.63. The van der Waals surface area contributed by atoms with Crippen LogP contribution in [-0.2, 0) is 13.1 Å². The van der Waals surface area contributed by atoms with Gasteiger partial charge < -0.3 is 15.0 Å². The maximum Gasteiger partial charge on any atom is 0.193 e. The Kier molecular flexibility index (Phi) is 6.04. The minimum atomic E-state index is 0.639. The average Bonchev–Trinajstić information content (AvgIpc) is 3.24. The standard InChI is InChI=1S/C20H24N6O/c1-21-20(25(2)15-17-7-4-5-8-18(17)27-3)23-14-16-9-11-22-19(13-16)26-12-6-10-24-26/h4-13H,14-15H2,1-3H3,(H,21,23). The molecule has 0 radical (unpaired) electrons. The zero-order chi connectivity index (χ0) is 19.1. The van der Waals surface area contributed by atoms with Crippen molar-refractivity contribution in [3.63, 3.8) is 0 Å². The van der Waals surface area contributed by atoms with Gasteiger partial charge in [0.1, 0.15) is 5.75 Å². The molecule has 1 N–H and O–H groups in total. The molecule has 0 fully saturated rings. The van der Waals surface area contributed by atoms with Crippen LogP contribution in [0, 0.1) is 0 Å². The smallest absolute Gasteiger partial charge is 0.193 e. The van der Waals surface area contributed by atoms with Crippen LogP contribution in [0.2, 0.25) is 0 Å². The van der Waals surface area contributed by atoms with Crippen molar-refractivity contribution in [1.82, 2.24) is 25.0 Å². The van der Waals surface area contributed by atoms with E-state index in [4.69, 9.17) is 4.74 Å². The summed E-state index contributed by atoms with van der Waals surface area (Å²) in [6.07, 6.45) is 5.40. The molecule has 1 aromatic carbocycles. The first-order valence-corrected chi connectivity index (χ1v) is 8.70. The highest BCUT2D eigenvalue weighted by Gasteiger charge is 2.10. The number of aromatic nitrogens is 3. The first-order valence-electron chi connectivity index (χ1n) is 8.70. The Morgan fingerprint density at radius 3 is 2.81 bits per heavy atom. The third-order valence-electron chi connectivity index (χ3n) is 4.17. The Morgan fingerprint density at radius 2 is 2.07 bits per heavy atom. The molecule has 27 heavy (non-hydrogen) atoms. The molecule has 0 atom stereocenters. The van der Waals surface area contributed by atoms with E-state index in [2.05, 4.69) is 31.4 Å². The Balaban J connectivity index is 1.64. The number of para-hydroxylation sites is 1. The Morgan fingerprint density at radius 1 is 1.22 bits per heavy atom. The maximum atomic E-state index is 5.44. The summed E-state index contributed by atoms with van der Waals surface area (Å²) in [5.41, 5.74) is 2.21. The van der Waals surface area contributed by atoms with E-state index in [1.807, 2.05) is 49.6 Å². The van der Waals surface area contributed by atoms with Crippen LogP contribution in [0.4, 0.5) is 0 Å². The molecule has 3 rings (SSSR count). The molecule has 0 saturated heterocycles. The van der Waals surface area contributed by atoms with E-state index in [9.17, 15) is 0 Å². The van der Waals surface area contributed by atoms with E-state index >= 15 is 0 Å². The molecule has 3 aromatic rings. The molecule has 2 aromatic heterocycles. The molecule has 0 bridgehead atoms. The Labute approximate surface area is 159 Å². The van der Waals surface area contributed by atoms with Gasteiger partial charge in [0.05, 0.1) is 7.11 Å². The second-order valence-corrected chi connectivity index (χ2v) is 6.04. The summed E-state index contributed by atoms with van der Waals surface area (Å²) in [6.45, 7) is 1.33. The first-order chi connectivity index (χ1) is 13.2. The Hall–Kier alpha value is -3.35. The number of guanidine groups is 1. The maximum absolute atomic E-state index is 5.44. The summed E-state index contributed by atoms with van der Waals surface area (Å²) >= 11 is 0. The number of benzene rings is 1. The van der Waals surface area contributed by atoms with E-state index in [0.717, 1.165) is 28.7 Å². The van der Waals surface area contributed by atoms with Gasteiger partial charge in [-0.1, -0.05) is 18.2 Å². The molecular formula is C20H24N6O. The van der Waals surface area contributed by atoms with Crippen molar-refractivity contribution in [3.8, 4) is 11.6 Å². The van der Waals surface area contributed by atoms with Crippen molar-refractivity contribution in [1.29, 1.82) is 0 Å². The van der Waals surface area contributed by atoms with Gasteiger partial charge in [-0.3, -0.25) is 4.99 Å². The van der Waals surface area contributed by atoms with Crippen LogP contribution in [0.3, 0.4) is 0 Å². The summed E-state index contributed by atoms with van der Waals surface area (Å²) in [4.78, 5) is 10.8. The monoisotopic (exact) mass is 364 g/mol. The van der Waals surface area contributed by atoms with Gasteiger partial charge in [0, 0.05) is 51.3 Å². The van der Waals surface area contributed by atoms with Crippen LogP contribution in [0.25, 0.3) is 5.82 Å². The van der Waals surface area contributed by atoms with E-state index in [-0.39, 0.29) is 0 Å². The largest absolute Gasteiger partial charge is 0.496 e. The molecule has 0 saturated carbocycles. The van der Waals surface area contributed by atoms with Gasteiger partial charge in [-0.25, -0.2) is 9.67 Å². The number of hydrogen-bond acceptors (Lipinski definition) is 4. The summed E-state index contributed by atoms with van der Waals surface area (Å²) in [5, 5.41) is 7.61. The second kappa shape index (κ2) is 8.84. The SMILES string of the molecule is CN=C(NCc1ccnc(-n2cccn2)c1)N(C)Cc1ccccc1OC. The molecule has 140 valence electrons. The highest BCUT2D eigenvalue weighted by atomic mass is 16.5. The van der Waals surface area contributed by atoms with Crippen molar-refractivity contribution in [3.05, 3.63) is 72.2 Å². The molecule has 0 aliphatic carbocycles. The van der Waals surface area contributed by atoms with Crippen molar-refractivity contribution in [2.75, 3.05) is 21.2 Å². The molecule has 2 heterocycles. The zero-order valence-electron chi connectivity index (χ0n) is 15.8. The number of nitrogens with zero attached hydrogens (tertiary/aromatic N) is 5. The van der Waals surface area contributed by atoms with Crippen molar-refractivity contribution in [2.45, 2.75) is 13.1 Å². The minimum Gasteiger partial charge on any atom is -0.496 e. The number of aliphatic imine (C=N–C) groups is 1. The highest BCUT2D eigenvalue weighted by molar-refractivity contribution is 5.79. The van der Waals surface area contributed by atoms with E-state index in [1.165, 1.54) is 0 Å². The number of hydrogen-bond donors (Lipinski definition) is 1. The van der Waals surface area contributed by atoms with Crippen LogP contribution < -0.4 is 10.1 Å². The molecule has 0 aliphatic heterocycles. The molecular weight excluding hydrogens is 340 g/mol. The quantitative estimate of drug-likeness (QED) is 0.538. The van der Waals surface area contributed by atoms with E-state index in [0.29, 0.717) is 13.1 Å². The van der Waals surface area contributed by atoms with Crippen LogP contribution in [0.5, 0.6) is 5.75 Å². The van der Waals surface area contributed by atoms with Crippen molar-refractivity contribution >= 4 is 5.96 Å². The predicted molar refractivity (Wildman–Crippen MR) is 106 cm³/mol. The normalized spacial score (nSPS) is 11.3. The van der Waals surface area contributed by atoms with Crippen LogP contribution in [0.15, 0.2) is 66.0 Å². The molecule has 0 unspecified atom stereocenters. The number of rotatable bonds is 6. The van der Waals surface area contributed by atoms with Gasteiger partial charge in [0.2, 0.25) is 0 Å². The van der Waals surface area contributed by atoms with E-state index < -0.39 is 0 Å². The molecule has 0 aliphatic rings. The lowest BCUT2D eigenvalue weighted by Crippen LogP contribution is -2.38. The summed E-state index contributed by atoms with van der Waals surface area (Å²) in [5.74, 6) is 2.47. The molecule has 0 amide bonds. The fourth-order valence-electron chi connectivity index (χ4n) is 2.83. The van der Waals surface area contributed by atoms with Crippen LogP contribution in [-0.4, -0.2) is 46.8 Å². The third-order valence-corrected chi connectivity index (χ3v) is 4.17. The van der Waals surface area contributed by atoms with Gasteiger partial charge in [0.15, 0.2) is 11.8 Å². The zero-order valence-corrected chi connectivity index (χ0v) is 15.8. The number of methoxy groups -OCH3 is 1. The summed E-state index contributed by atoms with van der Waals surface area (Å²) < 4.78 is 7.18. The summed E-state index contributed by atoms with van der Waals surface area (Å²) in [6, 6.07) is 13.9. The molecule has 7 heteroatoms. The molecule has 0 spiro atoms. The predicted octanol–water partition coefficient (Wildman–Crippen LogP) is 2.48. The Bertz CT molecular complexity index is 891. The second-order valence-electron chi connectivity index (χ2n) is 6.04. The lowest BCUT2D eigenvalue weighted by atomic mass is 10.2.